The van der Waals surface area contributed by atoms with E-state index in [9.17, 15) is 9.18 Å². The van der Waals surface area contributed by atoms with Gasteiger partial charge in [0.05, 0.1) is 26.5 Å². The van der Waals surface area contributed by atoms with Gasteiger partial charge in [-0.1, -0.05) is 0 Å². The summed E-state index contributed by atoms with van der Waals surface area (Å²) in [6.07, 6.45) is 0. The highest BCUT2D eigenvalue weighted by Gasteiger charge is 2.07. The highest BCUT2D eigenvalue weighted by atomic mass is 19.1. The molecule has 2 rings (SSSR count). The highest BCUT2D eigenvalue weighted by molar-refractivity contribution is 5.99. The van der Waals surface area contributed by atoms with Crippen LogP contribution in [-0.2, 0) is 4.79 Å². The summed E-state index contributed by atoms with van der Waals surface area (Å²) in [5.74, 6) is 0.555. The Kier molecular flexibility index (Phi) is 6.33. The summed E-state index contributed by atoms with van der Waals surface area (Å²) in [5.41, 5.74) is 4.54. The van der Waals surface area contributed by atoms with E-state index in [1.807, 2.05) is 6.07 Å². The fourth-order valence-corrected chi connectivity index (χ4v) is 2.06. The van der Waals surface area contributed by atoms with Crippen LogP contribution >= 0.6 is 0 Å². The first-order valence-corrected chi connectivity index (χ1v) is 7.58. The molecule has 0 unspecified atom stereocenters. The molecule has 0 aliphatic carbocycles. The van der Waals surface area contributed by atoms with Crippen LogP contribution in [0.5, 0.6) is 11.5 Å². The van der Waals surface area contributed by atoms with Gasteiger partial charge in [-0.2, -0.15) is 5.10 Å². The van der Waals surface area contributed by atoms with Crippen LogP contribution in [0.1, 0.15) is 12.5 Å². The SMILES string of the molecule is COc1ccc(/C(C)=N/NC(=O)CNc2ccc(F)cc2)cc1OC. The zero-order chi connectivity index (χ0) is 18.2. The van der Waals surface area contributed by atoms with E-state index < -0.39 is 0 Å². The molecule has 0 bridgehead atoms. The van der Waals surface area contributed by atoms with Crippen LogP contribution in [0.4, 0.5) is 10.1 Å². The van der Waals surface area contributed by atoms with Crippen molar-refractivity contribution >= 4 is 17.3 Å². The Labute approximate surface area is 145 Å². The van der Waals surface area contributed by atoms with Crippen molar-refractivity contribution in [3.8, 4) is 11.5 Å². The van der Waals surface area contributed by atoms with Crippen molar-refractivity contribution in [3.05, 3.63) is 53.8 Å². The second-order valence-electron chi connectivity index (χ2n) is 5.16. The Bertz CT molecular complexity index is 761. The number of benzene rings is 2. The molecule has 1 amide bonds. The van der Waals surface area contributed by atoms with Gasteiger partial charge in [0.25, 0.3) is 5.91 Å². The van der Waals surface area contributed by atoms with Crippen LogP contribution in [0, 0.1) is 5.82 Å². The zero-order valence-corrected chi connectivity index (χ0v) is 14.3. The molecule has 0 aliphatic heterocycles. The molecule has 0 radical (unpaired) electrons. The molecule has 7 heteroatoms. The molecular weight excluding hydrogens is 325 g/mol. The van der Waals surface area contributed by atoms with Crippen molar-refractivity contribution in [2.75, 3.05) is 26.1 Å². The maximum Gasteiger partial charge on any atom is 0.259 e. The standard InChI is InChI=1S/C18H20FN3O3/c1-12(13-4-9-16(24-2)17(10-13)25-3)21-22-18(23)11-20-15-7-5-14(19)6-8-15/h4-10,20H,11H2,1-3H3,(H,22,23)/b21-12+. The number of anilines is 1. The topological polar surface area (TPSA) is 72.0 Å². The number of hydrogen-bond donors (Lipinski definition) is 2. The minimum atomic E-state index is -0.329. The van der Waals surface area contributed by atoms with Gasteiger partial charge in [0.15, 0.2) is 11.5 Å². The lowest BCUT2D eigenvalue weighted by molar-refractivity contribution is -0.119. The monoisotopic (exact) mass is 345 g/mol. The van der Waals surface area contributed by atoms with Crippen molar-refractivity contribution < 1.29 is 18.7 Å². The minimum absolute atomic E-state index is 0.0222. The molecule has 0 aromatic heterocycles. The number of carbonyl (C=O) groups is 1. The van der Waals surface area contributed by atoms with Gasteiger partial charge < -0.3 is 14.8 Å². The number of hydrazone groups is 1. The molecule has 25 heavy (non-hydrogen) atoms. The molecule has 2 aromatic rings. The lowest BCUT2D eigenvalue weighted by Crippen LogP contribution is -2.26. The largest absolute Gasteiger partial charge is 0.493 e. The average molecular weight is 345 g/mol. The number of carbonyl (C=O) groups excluding carboxylic acids is 1. The Hall–Kier alpha value is -3.09. The number of ether oxygens (including phenoxy) is 2. The average Bonchev–Trinajstić information content (AvgIpc) is 2.64. The number of halogens is 1. The third-order valence-corrected chi connectivity index (χ3v) is 3.45. The number of rotatable bonds is 7. The van der Waals surface area contributed by atoms with Crippen LogP contribution in [-0.4, -0.2) is 32.4 Å². The van der Waals surface area contributed by atoms with Gasteiger partial charge >= 0.3 is 0 Å². The molecule has 6 nitrogen and oxygen atoms in total. The Morgan fingerprint density at radius 2 is 1.76 bits per heavy atom. The third-order valence-electron chi connectivity index (χ3n) is 3.45. The molecular formula is C18H20FN3O3. The Morgan fingerprint density at radius 1 is 1.08 bits per heavy atom. The molecule has 2 N–H and O–H groups in total. The first kappa shape index (κ1) is 18.3. The van der Waals surface area contributed by atoms with Crippen LogP contribution in [0.15, 0.2) is 47.6 Å². The van der Waals surface area contributed by atoms with Gasteiger partial charge in [0, 0.05) is 11.3 Å². The summed E-state index contributed by atoms with van der Waals surface area (Å²) in [6.45, 7) is 1.79. The van der Waals surface area contributed by atoms with Crippen molar-refractivity contribution in [3.63, 3.8) is 0 Å². The zero-order valence-electron chi connectivity index (χ0n) is 14.3. The number of methoxy groups -OCH3 is 2. The molecule has 2 aromatic carbocycles. The van der Waals surface area contributed by atoms with Crippen molar-refractivity contribution in [2.24, 2.45) is 5.10 Å². The summed E-state index contributed by atoms with van der Waals surface area (Å²) in [7, 11) is 3.11. The van der Waals surface area contributed by atoms with Crippen molar-refractivity contribution in [2.45, 2.75) is 6.92 Å². The van der Waals surface area contributed by atoms with Crippen LogP contribution in [0.3, 0.4) is 0 Å². The summed E-state index contributed by atoms with van der Waals surface area (Å²) in [5, 5.41) is 6.96. The molecule has 0 spiro atoms. The summed E-state index contributed by atoms with van der Waals surface area (Å²) >= 11 is 0. The van der Waals surface area contributed by atoms with E-state index in [4.69, 9.17) is 9.47 Å². The van der Waals surface area contributed by atoms with E-state index in [0.29, 0.717) is 22.9 Å². The smallest absolute Gasteiger partial charge is 0.259 e. The Morgan fingerprint density at radius 3 is 2.40 bits per heavy atom. The van der Waals surface area contributed by atoms with E-state index in [-0.39, 0.29) is 18.3 Å². The first-order valence-electron chi connectivity index (χ1n) is 7.58. The van der Waals surface area contributed by atoms with Gasteiger partial charge in [-0.3, -0.25) is 4.79 Å². The maximum absolute atomic E-state index is 12.8. The fourth-order valence-electron chi connectivity index (χ4n) is 2.06. The van der Waals surface area contributed by atoms with Crippen molar-refractivity contribution in [1.29, 1.82) is 0 Å². The molecule has 0 saturated heterocycles. The predicted octanol–water partition coefficient (Wildman–Crippen LogP) is 2.80. The summed E-state index contributed by atoms with van der Waals surface area (Å²) in [4.78, 5) is 11.8. The second-order valence-corrected chi connectivity index (χ2v) is 5.16. The molecule has 0 heterocycles. The van der Waals surface area contributed by atoms with E-state index >= 15 is 0 Å². The van der Waals surface area contributed by atoms with Crippen LogP contribution in [0.25, 0.3) is 0 Å². The maximum atomic E-state index is 12.8. The summed E-state index contributed by atoms with van der Waals surface area (Å²) in [6, 6.07) is 11.1. The molecule has 0 saturated carbocycles. The lowest BCUT2D eigenvalue weighted by atomic mass is 10.1. The molecule has 0 fully saturated rings. The molecule has 0 aliphatic rings. The number of nitrogens with zero attached hydrogens (tertiary/aromatic N) is 1. The van der Waals surface area contributed by atoms with Crippen LogP contribution in [0.2, 0.25) is 0 Å². The van der Waals surface area contributed by atoms with Gasteiger partial charge in [0.2, 0.25) is 0 Å². The minimum Gasteiger partial charge on any atom is -0.493 e. The quantitative estimate of drug-likeness (QED) is 0.598. The first-order chi connectivity index (χ1) is 12.0. The van der Waals surface area contributed by atoms with E-state index in [2.05, 4.69) is 15.8 Å². The molecule has 132 valence electrons. The highest BCUT2D eigenvalue weighted by Crippen LogP contribution is 2.27. The lowest BCUT2D eigenvalue weighted by Gasteiger charge is -2.09. The third kappa shape index (κ3) is 5.20. The fraction of sp³-hybridized carbons (Fsp3) is 0.222. The van der Waals surface area contributed by atoms with Crippen LogP contribution < -0.4 is 20.2 Å². The van der Waals surface area contributed by atoms with Crippen molar-refractivity contribution in [1.82, 2.24) is 5.43 Å². The van der Waals surface area contributed by atoms with Gasteiger partial charge in [-0.25, -0.2) is 9.82 Å². The van der Waals surface area contributed by atoms with E-state index in [1.54, 1.807) is 45.4 Å². The van der Waals surface area contributed by atoms with Gasteiger partial charge in [0.1, 0.15) is 5.82 Å². The number of amides is 1. The van der Waals surface area contributed by atoms with Gasteiger partial charge in [-0.05, 0) is 49.4 Å². The Balaban J connectivity index is 1.93. The van der Waals surface area contributed by atoms with E-state index in [0.717, 1.165) is 5.56 Å². The van der Waals surface area contributed by atoms with E-state index in [1.165, 1.54) is 12.1 Å². The summed E-state index contributed by atoms with van der Waals surface area (Å²) < 4.78 is 23.2. The van der Waals surface area contributed by atoms with Gasteiger partial charge in [-0.15, -0.1) is 0 Å². The molecule has 0 atom stereocenters. The second kappa shape index (κ2) is 8.68. The normalized spacial score (nSPS) is 11.0. The number of hydrogen-bond acceptors (Lipinski definition) is 5. The predicted molar refractivity (Wildman–Crippen MR) is 94.8 cm³/mol. The number of nitrogens with one attached hydrogen (secondary N) is 2.